The summed E-state index contributed by atoms with van der Waals surface area (Å²) >= 11 is 0. The molecule has 0 aromatic carbocycles. The van der Waals surface area contributed by atoms with Gasteiger partial charge >= 0.3 is 0 Å². The number of carbonyl (C=O) groups excluding carboxylic acids is 1. The monoisotopic (exact) mass is 260 g/mol. The van der Waals surface area contributed by atoms with Gasteiger partial charge in [-0.25, -0.2) is 4.98 Å². The SMILES string of the molecule is CC(C)C(C)(CN)NC(=O)c1cncn1C.Cl. The van der Waals surface area contributed by atoms with E-state index >= 15 is 0 Å². The summed E-state index contributed by atoms with van der Waals surface area (Å²) in [6, 6.07) is 0. The minimum Gasteiger partial charge on any atom is -0.344 e. The number of amides is 1. The van der Waals surface area contributed by atoms with Gasteiger partial charge in [-0.2, -0.15) is 0 Å². The lowest BCUT2D eigenvalue weighted by Gasteiger charge is -2.33. The molecule has 0 bridgehead atoms. The van der Waals surface area contributed by atoms with E-state index in [1.54, 1.807) is 24.1 Å². The van der Waals surface area contributed by atoms with Crippen LogP contribution in [-0.2, 0) is 7.05 Å². The van der Waals surface area contributed by atoms with Gasteiger partial charge in [0.2, 0.25) is 0 Å². The molecule has 1 amide bonds. The number of nitrogens with two attached hydrogens (primary N) is 1. The number of hydrogen-bond acceptors (Lipinski definition) is 3. The molecule has 3 N–H and O–H groups in total. The normalized spacial score (nSPS) is 14.0. The highest BCUT2D eigenvalue weighted by molar-refractivity contribution is 5.92. The van der Waals surface area contributed by atoms with Crippen LogP contribution in [0.4, 0.5) is 0 Å². The van der Waals surface area contributed by atoms with E-state index in [9.17, 15) is 4.79 Å². The Hall–Kier alpha value is -1.07. The van der Waals surface area contributed by atoms with Crippen molar-refractivity contribution in [1.29, 1.82) is 0 Å². The molecule has 1 unspecified atom stereocenters. The highest BCUT2D eigenvalue weighted by Gasteiger charge is 2.29. The molecule has 1 heterocycles. The number of aromatic nitrogens is 2. The molecule has 1 aromatic rings. The highest BCUT2D eigenvalue weighted by atomic mass is 35.5. The van der Waals surface area contributed by atoms with E-state index in [2.05, 4.69) is 10.3 Å². The second-order valence-electron chi connectivity index (χ2n) is 4.62. The summed E-state index contributed by atoms with van der Waals surface area (Å²) in [5, 5.41) is 2.96. The number of hydrogen-bond donors (Lipinski definition) is 2. The van der Waals surface area contributed by atoms with Crippen molar-refractivity contribution in [2.75, 3.05) is 6.54 Å². The van der Waals surface area contributed by atoms with Crippen molar-refractivity contribution >= 4 is 18.3 Å². The van der Waals surface area contributed by atoms with E-state index in [1.165, 1.54) is 0 Å². The fraction of sp³-hybridized carbons (Fsp3) is 0.636. The van der Waals surface area contributed by atoms with Gasteiger partial charge in [0.05, 0.1) is 18.1 Å². The van der Waals surface area contributed by atoms with Crippen molar-refractivity contribution < 1.29 is 4.79 Å². The third-order valence-corrected chi connectivity index (χ3v) is 3.15. The lowest BCUT2D eigenvalue weighted by Crippen LogP contribution is -2.55. The smallest absolute Gasteiger partial charge is 0.270 e. The first-order valence-corrected chi connectivity index (χ1v) is 5.39. The molecular formula is C11H21ClN4O. The topological polar surface area (TPSA) is 72.9 Å². The predicted molar refractivity (Wildman–Crippen MR) is 70.2 cm³/mol. The van der Waals surface area contributed by atoms with Crippen LogP contribution >= 0.6 is 12.4 Å². The molecule has 0 aliphatic heterocycles. The van der Waals surface area contributed by atoms with E-state index in [4.69, 9.17) is 5.73 Å². The maximum Gasteiger partial charge on any atom is 0.270 e. The predicted octanol–water partition coefficient (Wildman–Crippen LogP) is 0.945. The number of carbonyl (C=O) groups is 1. The Morgan fingerprint density at radius 2 is 2.24 bits per heavy atom. The van der Waals surface area contributed by atoms with Crippen molar-refractivity contribution in [3.05, 3.63) is 18.2 Å². The fourth-order valence-electron chi connectivity index (χ4n) is 1.33. The van der Waals surface area contributed by atoms with Gasteiger partial charge in [0.15, 0.2) is 0 Å². The van der Waals surface area contributed by atoms with Gasteiger partial charge in [0.1, 0.15) is 5.69 Å². The molecule has 5 nitrogen and oxygen atoms in total. The first kappa shape index (κ1) is 15.9. The Morgan fingerprint density at radius 3 is 2.59 bits per heavy atom. The van der Waals surface area contributed by atoms with Crippen LogP contribution in [-0.4, -0.2) is 27.5 Å². The second-order valence-corrected chi connectivity index (χ2v) is 4.62. The Balaban J connectivity index is 0.00000256. The van der Waals surface area contributed by atoms with Crippen molar-refractivity contribution in [2.24, 2.45) is 18.7 Å². The van der Waals surface area contributed by atoms with Crippen molar-refractivity contribution in [3.8, 4) is 0 Å². The first-order chi connectivity index (χ1) is 7.40. The van der Waals surface area contributed by atoms with Crippen molar-refractivity contribution in [2.45, 2.75) is 26.3 Å². The molecule has 0 spiro atoms. The fourth-order valence-corrected chi connectivity index (χ4v) is 1.33. The van der Waals surface area contributed by atoms with E-state index in [-0.39, 0.29) is 29.8 Å². The summed E-state index contributed by atoms with van der Waals surface area (Å²) < 4.78 is 1.69. The van der Waals surface area contributed by atoms with E-state index < -0.39 is 0 Å². The molecule has 1 aromatic heterocycles. The quantitative estimate of drug-likeness (QED) is 0.847. The van der Waals surface area contributed by atoms with Crippen LogP contribution in [0.1, 0.15) is 31.3 Å². The van der Waals surface area contributed by atoms with Gasteiger partial charge in [0.25, 0.3) is 5.91 Å². The van der Waals surface area contributed by atoms with Gasteiger partial charge in [-0.3, -0.25) is 4.79 Å². The number of nitrogens with zero attached hydrogens (tertiary/aromatic N) is 2. The van der Waals surface area contributed by atoms with Crippen LogP contribution < -0.4 is 11.1 Å². The maximum absolute atomic E-state index is 12.0. The first-order valence-electron chi connectivity index (χ1n) is 5.39. The molecule has 0 radical (unpaired) electrons. The van der Waals surface area contributed by atoms with Crippen LogP contribution in [0.5, 0.6) is 0 Å². The molecule has 1 atom stereocenters. The van der Waals surface area contributed by atoms with Crippen LogP contribution in [0, 0.1) is 5.92 Å². The maximum atomic E-state index is 12.0. The summed E-state index contributed by atoms with van der Waals surface area (Å²) in [6.07, 6.45) is 3.15. The molecule has 0 fully saturated rings. The Labute approximate surface area is 108 Å². The van der Waals surface area contributed by atoms with Gasteiger partial charge in [-0.15, -0.1) is 12.4 Å². The van der Waals surface area contributed by atoms with Gasteiger partial charge in [0, 0.05) is 13.6 Å². The highest BCUT2D eigenvalue weighted by Crippen LogP contribution is 2.15. The van der Waals surface area contributed by atoms with Gasteiger partial charge < -0.3 is 15.6 Å². The molecule has 6 heteroatoms. The van der Waals surface area contributed by atoms with Crippen molar-refractivity contribution in [1.82, 2.24) is 14.9 Å². The average molecular weight is 261 g/mol. The zero-order valence-electron chi connectivity index (χ0n) is 10.7. The number of aryl methyl sites for hydroxylation is 1. The zero-order valence-corrected chi connectivity index (χ0v) is 11.5. The molecule has 0 saturated heterocycles. The number of rotatable bonds is 4. The summed E-state index contributed by atoms with van der Waals surface area (Å²) in [7, 11) is 1.79. The van der Waals surface area contributed by atoms with E-state index in [1.807, 2.05) is 20.8 Å². The van der Waals surface area contributed by atoms with Crippen LogP contribution in [0.15, 0.2) is 12.5 Å². The third kappa shape index (κ3) is 3.44. The summed E-state index contributed by atoms with van der Waals surface area (Å²) in [6.45, 7) is 6.44. The van der Waals surface area contributed by atoms with Crippen LogP contribution in [0.2, 0.25) is 0 Å². The van der Waals surface area contributed by atoms with E-state index in [0.717, 1.165) is 0 Å². The average Bonchev–Trinajstić information content (AvgIpc) is 2.64. The van der Waals surface area contributed by atoms with Crippen molar-refractivity contribution in [3.63, 3.8) is 0 Å². The van der Waals surface area contributed by atoms with Crippen LogP contribution in [0.25, 0.3) is 0 Å². The van der Waals surface area contributed by atoms with Crippen LogP contribution in [0.3, 0.4) is 0 Å². The molecule has 0 saturated carbocycles. The lowest BCUT2D eigenvalue weighted by molar-refractivity contribution is 0.0874. The van der Waals surface area contributed by atoms with Gasteiger partial charge in [-0.1, -0.05) is 13.8 Å². The molecule has 98 valence electrons. The second kappa shape index (κ2) is 6.02. The third-order valence-electron chi connectivity index (χ3n) is 3.15. The minimum absolute atomic E-state index is 0. The standard InChI is InChI=1S/C11H20N4O.ClH/c1-8(2)11(3,6-12)14-10(16)9-5-13-7-15(9)4;/h5,7-8H,6,12H2,1-4H3,(H,14,16);1H. The largest absolute Gasteiger partial charge is 0.344 e. The molecule has 0 aliphatic rings. The Kier molecular flexibility index (Phi) is 5.64. The molecule has 1 rings (SSSR count). The number of nitrogens with one attached hydrogen (secondary N) is 1. The summed E-state index contributed by atoms with van der Waals surface area (Å²) in [5.74, 6) is 0.135. The zero-order chi connectivity index (χ0) is 12.3. The number of halogens is 1. The minimum atomic E-state index is -0.388. The molecular weight excluding hydrogens is 240 g/mol. The van der Waals surface area contributed by atoms with Gasteiger partial charge in [-0.05, 0) is 12.8 Å². The molecule has 0 aliphatic carbocycles. The summed E-state index contributed by atoms with van der Waals surface area (Å²) in [4.78, 5) is 15.9. The Bertz CT molecular complexity index is 377. The number of imidazole rings is 1. The van der Waals surface area contributed by atoms with E-state index in [0.29, 0.717) is 12.2 Å². The summed E-state index contributed by atoms with van der Waals surface area (Å²) in [5.41, 5.74) is 5.86. The lowest BCUT2D eigenvalue weighted by atomic mass is 9.88. The molecule has 17 heavy (non-hydrogen) atoms. The Morgan fingerprint density at radius 1 is 1.65 bits per heavy atom.